The Morgan fingerprint density at radius 1 is 1.07 bits per heavy atom. The lowest BCUT2D eigenvalue weighted by Gasteiger charge is -2.15. The van der Waals surface area contributed by atoms with Crippen LogP contribution in [0.2, 0.25) is 0 Å². The molecule has 2 heterocycles. The summed E-state index contributed by atoms with van der Waals surface area (Å²) in [5, 5.41) is 6.20. The molecule has 0 radical (unpaired) electrons. The average Bonchev–Trinajstić information content (AvgIpc) is 3.22. The smallest absolute Gasteiger partial charge is 0.222 e. The quantitative estimate of drug-likeness (QED) is 0.614. The standard InChI is InChI=1S/C22H27N3O.ClH/c1-2-25-20-8-4-3-7-18(20)19-15-17(10-11-21(19)25)16-23-12-6-14-24-13-5-9-22(24)26;/h3-4,7-8,10-11,15,23H,2,5-6,9,12-14,16H2,1H3;1H. The fourth-order valence-corrected chi connectivity index (χ4v) is 4.12. The monoisotopic (exact) mass is 385 g/mol. The van der Waals surface area contributed by atoms with Crippen molar-refractivity contribution in [2.24, 2.45) is 0 Å². The number of amides is 1. The van der Waals surface area contributed by atoms with Crippen LogP contribution in [-0.4, -0.2) is 35.0 Å². The van der Waals surface area contributed by atoms with Gasteiger partial charge in [0.05, 0.1) is 0 Å². The average molecular weight is 386 g/mol. The molecule has 3 aromatic rings. The second-order valence-electron chi connectivity index (χ2n) is 7.13. The number of carbonyl (C=O) groups is 1. The number of nitrogens with one attached hydrogen (secondary N) is 1. The summed E-state index contributed by atoms with van der Waals surface area (Å²) in [7, 11) is 0. The third-order valence-corrected chi connectivity index (χ3v) is 5.44. The van der Waals surface area contributed by atoms with Gasteiger partial charge >= 0.3 is 0 Å². The summed E-state index contributed by atoms with van der Waals surface area (Å²) < 4.78 is 2.38. The van der Waals surface area contributed by atoms with Crippen LogP contribution in [0, 0.1) is 0 Å². The second kappa shape index (κ2) is 8.77. The van der Waals surface area contributed by atoms with Gasteiger partial charge in [-0.3, -0.25) is 4.79 Å². The van der Waals surface area contributed by atoms with E-state index in [4.69, 9.17) is 0 Å². The molecule has 0 atom stereocenters. The molecule has 144 valence electrons. The zero-order chi connectivity index (χ0) is 17.9. The number of aryl methyl sites for hydroxylation is 1. The highest BCUT2D eigenvalue weighted by Crippen LogP contribution is 2.29. The lowest BCUT2D eigenvalue weighted by molar-refractivity contribution is -0.127. The van der Waals surface area contributed by atoms with Crippen molar-refractivity contribution in [2.45, 2.75) is 39.3 Å². The Morgan fingerprint density at radius 3 is 2.67 bits per heavy atom. The third kappa shape index (κ3) is 3.97. The number of halogens is 1. The van der Waals surface area contributed by atoms with Gasteiger partial charge in [-0.05, 0) is 50.1 Å². The molecule has 1 amide bonds. The number of para-hydroxylation sites is 1. The molecular formula is C22H28ClN3O. The minimum atomic E-state index is 0. The number of nitrogens with zero attached hydrogens (tertiary/aromatic N) is 2. The molecule has 4 nitrogen and oxygen atoms in total. The van der Waals surface area contributed by atoms with Crippen LogP contribution in [0.3, 0.4) is 0 Å². The van der Waals surface area contributed by atoms with Crippen molar-refractivity contribution in [1.29, 1.82) is 0 Å². The maximum atomic E-state index is 11.6. The fourth-order valence-electron chi connectivity index (χ4n) is 4.12. The van der Waals surface area contributed by atoms with E-state index < -0.39 is 0 Å². The lowest BCUT2D eigenvalue weighted by atomic mass is 10.1. The molecule has 2 aromatic carbocycles. The van der Waals surface area contributed by atoms with Crippen LogP contribution in [0.1, 0.15) is 31.7 Å². The van der Waals surface area contributed by atoms with Crippen LogP contribution >= 0.6 is 12.4 Å². The molecule has 1 aliphatic rings. The number of aromatic nitrogens is 1. The summed E-state index contributed by atoms with van der Waals surface area (Å²) >= 11 is 0. The molecule has 1 N–H and O–H groups in total. The number of hydrogen-bond donors (Lipinski definition) is 1. The van der Waals surface area contributed by atoms with Gasteiger partial charge < -0.3 is 14.8 Å². The van der Waals surface area contributed by atoms with Gasteiger partial charge in [-0.1, -0.05) is 24.3 Å². The number of hydrogen-bond acceptors (Lipinski definition) is 2. The first kappa shape index (κ1) is 19.7. The van der Waals surface area contributed by atoms with Crippen molar-refractivity contribution in [3.05, 3.63) is 48.0 Å². The number of carbonyl (C=O) groups excluding carboxylic acids is 1. The summed E-state index contributed by atoms with van der Waals surface area (Å²) in [6.07, 6.45) is 2.78. The number of likely N-dealkylation sites (tertiary alicyclic amines) is 1. The topological polar surface area (TPSA) is 37.3 Å². The van der Waals surface area contributed by atoms with Crippen LogP contribution < -0.4 is 5.32 Å². The first-order valence-corrected chi connectivity index (χ1v) is 9.76. The Morgan fingerprint density at radius 2 is 1.89 bits per heavy atom. The van der Waals surface area contributed by atoms with Crippen LogP contribution in [-0.2, 0) is 17.9 Å². The van der Waals surface area contributed by atoms with Crippen molar-refractivity contribution in [3.8, 4) is 0 Å². The SMILES string of the molecule is CCn1c2ccccc2c2cc(CNCCCN3CCCC3=O)ccc21.Cl. The molecule has 1 aliphatic heterocycles. The predicted molar refractivity (Wildman–Crippen MR) is 115 cm³/mol. The zero-order valence-corrected chi connectivity index (χ0v) is 16.7. The minimum absolute atomic E-state index is 0. The van der Waals surface area contributed by atoms with Crippen molar-refractivity contribution in [2.75, 3.05) is 19.6 Å². The van der Waals surface area contributed by atoms with E-state index in [0.717, 1.165) is 52.0 Å². The zero-order valence-electron chi connectivity index (χ0n) is 15.9. The molecule has 4 rings (SSSR count). The molecule has 0 bridgehead atoms. The molecule has 0 spiro atoms. The van der Waals surface area contributed by atoms with E-state index in [1.807, 2.05) is 4.90 Å². The van der Waals surface area contributed by atoms with Crippen LogP contribution in [0.5, 0.6) is 0 Å². The maximum absolute atomic E-state index is 11.6. The van der Waals surface area contributed by atoms with E-state index in [9.17, 15) is 4.79 Å². The van der Waals surface area contributed by atoms with Gasteiger partial charge in [0, 0.05) is 54.4 Å². The van der Waals surface area contributed by atoms with Gasteiger partial charge in [0.1, 0.15) is 0 Å². The third-order valence-electron chi connectivity index (χ3n) is 5.44. The summed E-state index contributed by atoms with van der Waals surface area (Å²) in [5.41, 5.74) is 3.93. The molecule has 0 unspecified atom stereocenters. The minimum Gasteiger partial charge on any atom is -0.343 e. The Kier molecular flexibility index (Phi) is 6.40. The van der Waals surface area contributed by atoms with Crippen molar-refractivity contribution in [1.82, 2.24) is 14.8 Å². The summed E-state index contributed by atoms with van der Waals surface area (Å²) in [5.74, 6) is 0.322. The molecule has 0 aliphatic carbocycles. The van der Waals surface area contributed by atoms with E-state index in [0.29, 0.717) is 5.91 Å². The van der Waals surface area contributed by atoms with Gasteiger partial charge in [-0.2, -0.15) is 0 Å². The van der Waals surface area contributed by atoms with Crippen LogP contribution in [0.25, 0.3) is 21.8 Å². The summed E-state index contributed by atoms with van der Waals surface area (Å²) in [4.78, 5) is 13.6. The predicted octanol–water partition coefficient (Wildman–Crippen LogP) is 4.34. The van der Waals surface area contributed by atoms with Gasteiger partial charge in [-0.25, -0.2) is 0 Å². The number of benzene rings is 2. The van der Waals surface area contributed by atoms with Crippen molar-refractivity contribution >= 4 is 40.1 Å². The van der Waals surface area contributed by atoms with E-state index in [2.05, 4.69) is 59.3 Å². The van der Waals surface area contributed by atoms with Gasteiger partial charge in [0.2, 0.25) is 5.91 Å². The summed E-state index contributed by atoms with van der Waals surface area (Å²) in [6, 6.07) is 15.4. The first-order chi connectivity index (χ1) is 12.8. The molecule has 0 saturated carbocycles. The second-order valence-corrected chi connectivity index (χ2v) is 7.13. The van der Waals surface area contributed by atoms with E-state index in [1.54, 1.807) is 0 Å². The molecule has 27 heavy (non-hydrogen) atoms. The highest BCUT2D eigenvalue weighted by Gasteiger charge is 2.18. The summed E-state index contributed by atoms with van der Waals surface area (Å²) in [6.45, 7) is 6.82. The van der Waals surface area contributed by atoms with Gasteiger partial charge in [0.15, 0.2) is 0 Å². The Bertz CT molecular complexity index is 934. The Balaban J connectivity index is 0.00000210. The van der Waals surface area contributed by atoms with Crippen LogP contribution in [0.4, 0.5) is 0 Å². The van der Waals surface area contributed by atoms with Crippen LogP contribution in [0.15, 0.2) is 42.5 Å². The number of fused-ring (bicyclic) bond motifs is 3. The fraction of sp³-hybridized carbons (Fsp3) is 0.409. The first-order valence-electron chi connectivity index (χ1n) is 9.76. The Hall–Kier alpha value is -2.04. The molecular weight excluding hydrogens is 358 g/mol. The van der Waals surface area contributed by atoms with Crippen molar-refractivity contribution < 1.29 is 4.79 Å². The van der Waals surface area contributed by atoms with Crippen molar-refractivity contribution in [3.63, 3.8) is 0 Å². The van der Waals surface area contributed by atoms with E-state index in [-0.39, 0.29) is 12.4 Å². The molecule has 1 fully saturated rings. The molecule has 1 aromatic heterocycles. The maximum Gasteiger partial charge on any atom is 0.222 e. The van der Waals surface area contributed by atoms with Gasteiger partial charge in [-0.15, -0.1) is 12.4 Å². The Labute approximate surface area is 166 Å². The highest BCUT2D eigenvalue weighted by molar-refractivity contribution is 6.08. The van der Waals surface area contributed by atoms with Gasteiger partial charge in [0.25, 0.3) is 0 Å². The van der Waals surface area contributed by atoms with E-state index in [1.165, 1.54) is 27.4 Å². The normalized spacial score (nSPS) is 14.3. The number of rotatable bonds is 7. The largest absolute Gasteiger partial charge is 0.343 e. The van der Waals surface area contributed by atoms with E-state index >= 15 is 0 Å². The highest BCUT2D eigenvalue weighted by atomic mass is 35.5. The lowest BCUT2D eigenvalue weighted by Crippen LogP contribution is -2.28. The molecule has 5 heteroatoms. The molecule has 1 saturated heterocycles.